The van der Waals surface area contributed by atoms with E-state index in [-0.39, 0.29) is 11.5 Å². The van der Waals surface area contributed by atoms with Gasteiger partial charge in [-0.2, -0.15) is 0 Å². The maximum Gasteiger partial charge on any atom is 0.412 e. The molecule has 3 rings (SSSR count). The van der Waals surface area contributed by atoms with Crippen LogP contribution in [0.1, 0.15) is 51.2 Å². The van der Waals surface area contributed by atoms with Gasteiger partial charge in [0.15, 0.2) is 0 Å². The number of carboxylic acid groups (broad SMARTS) is 1. The predicted octanol–water partition coefficient (Wildman–Crippen LogP) is 3.54. The minimum absolute atomic E-state index is 0.0438. The predicted molar refractivity (Wildman–Crippen MR) is 88.8 cm³/mol. The molecule has 1 fully saturated rings. The molecule has 22 heavy (non-hydrogen) atoms. The van der Waals surface area contributed by atoms with Crippen molar-refractivity contribution < 1.29 is 9.90 Å². The summed E-state index contributed by atoms with van der Waals surface area (Å²) in [5.41, 5.74) is 3.70. The van der Waals surface area contributed by atoms with Gasteiger partial charge in [0.05, 0.1) is 0 Å². The minimum Gasteiger partial charge on any atom is -0.465 e. The normalized spacial score (nSPS) is 26.1. The first-order valence-corrected chi connectivity index (χ1v) is 8.40. The Hall–Kier alpha value is -1.55. The molecule has 4 heteroatoms. The molecule has 0 bridgehead atoms. The van der Waals surface area contributed by atoms with E-state index in [9.17, 15) is 9.90 Å². The maximum absolute atomic E-state index is 11.8. The molecule has 1 aromatic carbocycles. The fraction of sp³-hybridized carbons (Fsp3) is 0.611. The van der Waals surface area contributed by atoms with E-state index in [0.717, 1.165) is 37.9 Å². The van der Waals surface area contributed by atoms with E-state index in [1.165, 1.54) is 11.1 Å². The van der Waals surface area contributed by atoms with Crippen LogP contribution in [-0.2, 0) is 11.8 Å². The molecule has 1 aliphatic carbocycles. The van der Waals surface area contributed by atoms with Crippen LogP contribution in [0.25, 0.3) is 0 Å². The molecule has 1 aliphatic heterocycles. The average molecular weight is 302 g/mol. The van der Waals surface area contributed by atoms with Crippen molar-refractivity contribution in [1.29, 1.82) is 0 Å². The summed E-state index contributed by atoms with van der Waals surface area (Å²) in [4.78, 5) is 13.3. The van der Waals surface area contributed by atoms with Crippen molar-refractivity contribution in [3.8, 4) is 0 Å². The number of carbonyl (C=O) groups is 1. The number of hydrogen-bond donors (Lipinski definition) is 2. The second kappa shape index (κ2) is 5.58. The highest BCUT2D eigenvalue weighted by atomic mass is 16.4. The van der Waals surface area contributed by atoms with Gasteiger partial charge in [0.1, 0.15) is 0 Å². The largest absolute Gasteiger partial charge is 0.465 e. The summed E-state index contributed by atoms with van der Waals surface area (Å²) in [6, 6.07) is 6.80. The number of nitrogens with zero attached hydrogens (tertiary/aromatic N) is 1. The first-order valence-electron chi connectivity index (χ1n) is 8.40. The van der Waals surface area contributed by atoms with Crippen LogP contribution in [0.3, 0.4) is 0 Å². The molecule has 0 saturated carbocycles. The second-order valence-electron chi connectivity index (χ2n) is 6.84. The number of hydrogen-bond acceptors (Lipinski definition) is 2. The summed E-state index contributed by atoms with van der Waals surface area (Å²) < 4.78 is 0. The number of rotatable bonds is 4. The molecule has 1 amide bonds. The molecular weight excluding hydrogens is 276 g/mol. The van der Waals surface area contributed by atoms with E-state index in [0.29, 0.717) is 6.04 Å². The molecule has 2 aliphatic rings. The third kappa shape index (κ3) is 2.21. The van der Waals surface area contributed by atoms with Gasteiger partial charge >= 0.3 is 6.09 Å². The second-order valence-corrected chi connectivity index (χ2v) is 6.84. The lowest BCUT2D eigenvalue weighted by Crippen LogP contribution is -2.39. The van der Waals surface area contributed by atoms with E-state index in [2.05, 4.69) is 38.2 Å². The molecule has 2 N–H and O–H groups in total. The average Bonchev–Trinajstić information content (AvgIpc) is 2.98. The van der Waals surface area contributed by atoms with Gasteiger partial charge in [-0.3, -0.25) is 4.90 Å². The number of nitrogens with one attached hydrogen (secondary N) is 1. The quantitative estimate of drug-likeness (QED) is 0.894. The molecule has 2 atom stereocenters. The van der Waals surface area contributed by atoms with Crippen molar-refractivity contribution in [2.45, 2.75) is 64.0 Å². The molecule has 0 unspecified atom stereocenters. The molecular formula is C18H26N2O2. The van der Waals surface area contributed by atoms with Gasteiger partial charge in [-0.25, -0.2) is 4.79 Å². The van der Waals surface area contributed by atoms with Crippen LogP contribution in [0.5, 0.6) is 0 Å². The fourth-order valence-corrected chi connectivity index (χ4v) is 4.30. The number of amides is 1. The molecule has 0 aromatic heterocycles. The number of benzene rings is 1. The van der Waals surface area contributed by atoms with Crippen molar-refractivity contribution in [1.82, 2.24) is 5.32 Å². The van der Waals surface area contributed by atoms with Gasteiger partial charge in [-0.15, -0.1) is 0 Å². The molecule has 120 valence electrons. The highest BCUT2D eigenvalue weighted by Gasteiger charge is 2.46. The lowest BCUT2D eigenvalue weighted by Gasteiger charge is -2.30. The van der Waals surface area contributed by atoms with E-state index >= 15 is 0 Å². The summed E-state index contributed by atoms with van der Waals surface area (Å²) in [7, 11) is 0. The summed E-state index contributed by atoms with van der Waals surface area (Å²) in [5.74, 6) is 0. The standard InChI is InChI=1S/C18H26N2O2/c1-4-13(5-2)20(17(21)22)14-7-6-12-10-16-18(3,8-9-19-16)15(12)11-14/h6-7,11,13,16,19H,4-5,8-10H2,1-3H3,(H,21,22)/t16-,18+/m1/s1. The molecule has 1 heterocycles. The molecule has 1 saturated heterocycles. The molecule has 0 radical (unpaired) electrons. The zero-order chi connectivity index (χ0) is 15.9. The Labute approximate surface area is 132 Å². The van der Waals surface area contributed by atoms with Crippen LogP contribution in [0.4, 0.5) is 10.5 Å². The SMILES string of the molecule is CCC(CC)N(C(=O)O)c1ccc2c(c1)[C@]1(C)CCN[C@@H]1C2. The first kappa shape index (κ1) is 15.3. The van der Waals surface area contributed by atoms with Gasteiger partial charge in [-0.05, 0) is 55.5 Å². The van der Waals surface area contributed by atoms with Crippen molar-refractivity contribution in [2.24, 2.45) is 0 Å². The van der Waals surface area contributed by atoms with Crippen molar-refractivity contribution >= 4 is 11.8 Å². The van der Waals surface area contributed by atoms with Crippen LogP contribution < -0.4 is 10.2 Å². The van der Waals surface area contributed by atoms with E-state index < -0.39 is 6.09 Å². The zero-order valence-electron chi connectivity index (χ0n) is 13.7. The maximum atomic E-state index is 11.8. The summed E-state index contributed by atoms with van der Waals surface area (Å²) >= 11 is 0. The summed E-state index contributed by atoms with van der Waals surface area (Å²) in [5, 5.41) is 13.3. The van der Waals surface area contributed by atoms with E-state index in [1.54, 1.807) is 4.90 Å². The number of anilines is 1. The van der Waals surface area contributed by atoms with Crippen LogP contribution in [0, 0.1) is 0 Å². The Morgan fingerprint density at radius 1 is 1.45 bits per heavy atom. The van der Waals surface area contributed by atoms with Crippen LogP contribution in [0.15, 0.2) is 18.2 Å². The molecule has 0 spiro atoms. The smallest absolute Gasteiger partial charge is 0.412 e. The van der Waals surface area contributed by atoms with Crippen LogP contribution >= 0.6 is 0 Å². The monoisotopic (exact) mass is 302 g/mol. The van der Waals surface area contributed by atoms with Gasteiger partial charge in [0.25, 0.3) is 0 Å². The fourth-order valence-electron chi connectivity index (χ4n) is 4.30. The third-order valence-electron chi connectivity index (χ3n) is 5.73. The first-order chi connectivity index (χ1) is 10.5. The lowest BCUT2D eigenvalue weighted by molar-refractivity contribution is 0.198. The lowest BCUT2D eigenvalue weighted by atomic mass is 9.80. The molecule has 4 nitrogen and oxygen atoms in total. The van der Waals surface area contributed by atoms with Gasteiger partial charge in [0, 0.05) is 23.2 Å². The van der Waals surface area contributed by atoms with Crippen molar-refractivity contribution in [3.05, 3.63) is 29.3 Å². The Balaban J connectivity index is 2.01. The van der Waals surface area contributed by atoms with Gasteiger partial charge < -0.3 is 10.4 Å². The summed E-state index contributed by atoms with van der Waals surface area (Å²) in [6.07, 6.45) is 3.01. The summed E-state index contributed by atoms with van der Waals surface area (Å²) in [6.45, 7) is 7.47. The Bertz CT molecular complexity index is 582. The number of fused-ring (bicyclic) bond motifs is 3. The highest BCUT2D eigenvalue weighted by Crippen LogP contribution is 2.45. The van der Waals surface area contributed by atoms with E-state index in [4.69, 9.17) is 0 Å². The molecule has 1 aromatic rings. The van der Waals surface area contributed by atoms with Gasteiger partial charge in [0.2, 0.25) is 0 Å². The Morgan fingerprint density at radius 2 is 2.18 bits per heavy atom. The van der Waals surface area contributed by atoms with Crippen LogP contribution in [0.2, 0.25) is 0 Å². The van der Waals surface area contributed by atoms with Crippen molar-refractivity contribution in [3.63, 3.8) is 0 Å². The Morgan fingerprint density at radius 3 is 2.82 bits per heavy atom. The van der Waals surface area contributed by atoms with Crippen LogP contribution in [-0.4, -0.2) is 29.8 Å². The van der Waals surface area contributed by atoms with Crippen molar-refractivity contribution in [2.75, 3.05) is 11.4 Å². The topological polar surface area (TPSA) is 52.6 Å². The van der Waals surface area contributed by atoms with Gasteiger partial charge in [-0.1, -0.05) is 26.8 Å². The van der Waals surface area contributed by atoms with E-state index in [1.807, 2.05) is 6.07 Å². The Kier molecular flexibility index (Phi) is 3.89. The highest BCUT2D eigenvalue weighted by molar-refractivity contribution is 5.87. The third-order valence-corrected chi connectivity index (χ3v) is 5.73. The minimum atomic E-state index is -0.849. The zero-order valence-corrected chi connectivity index (χ0v) is 13.7.